The number of H-pyrrole nitrogens is 1. The summed E-state index contributed by atoms with van der Waals surface area (Å²) in [6.07, 6.45) is 0.227. The predicted molar refractivity (Wildman–Crippen MR) is 72.0 cm³/mol. The maximum absolute atomic E-state index is 12.3. The Morgan fingerprint density at radius 2 is 2.00 bits per heavy atom. The number of benzene rings is 1. The standard InChI is InChI=1S/C15H17NO3/c1-14(18)12(17)8-10-9-6-4-5-7-11(9)16-13(10)15(14,2)19-3/h4-7,16,18H,8H2,1-3H3. The van der Waals surface area contributed by atoms with Crippen LogP contribution in [0.2, 0.25) is 0 Å². The largest absolute Gasteiger partial charge is 0.379 e. The normalized spacial score (nSPS) is 30.6. The molecule has 4 nitrogen and oxygen atoms in total. The quantitative estimate of drug-likeness (QED) is 0.822. The van der Waals surface area contributed by atoms with Crippen LogP contribution in [-0.2, 0) is 21.6 Å². The van der Waals surface area contributed by atoms with Gasteiger partial charge in [-0.3, -0.25) is 4.79 Å². The molecule has 1 aromatic heterocycles. The zero-order valence-corrected chi connectivity index (χ0v) is 11.3. The third kappa shape index (κ3) is 1.38. The zero-order valence-electron chi connectivity index (χ0n) is 11.3. The molecule has 0 saturated carbocycles. The Bertz CT molecular complexity index is 671. The number of ketones is 1. The molecule has 1 aromatic carbocycles. The van der Waals surface area contributed by atoms with Gasteiger partial charge >= 0.3 is 0 Å². The lowest BCUT2D eigenvalue weighted by molar-refractivity contribution is -0.180. The van der Waals surface area contributed by atoms with Crippen molar-refractivity contribution in [2.24, 2.45) is 0 Å². The van der Waals surface area contributed by atoms with E-state index >= 15 is 0 Å². The fraction of sp³-hybridized carbons (Fsp3) is 0.400. The first kappa shape index (κ1) is 12.4. The topological polar surface area (TPSA) is 62.3 Å². The van der Waals surface area contributed by atoms with Gasteiger partial charge in [0.1, 0.15) is 5.60 Å². The molecular weight excluding hydrogens is 242 g/mol. The van der Waals surface area contributed by atoms with E-state index in [0.29, 0.717) is 0 Å². The van der Waals surface area contributed by atoms with Crippen LogP contribution in [0.3, 0.4) is 0 Å². The van der Waals surface area contributed by atoms with E-state index in [1.807, 2.05) is 24.3 Å². The minimum absolute atomic E-state index is 0.214. The molecule has 2 N–H and O–H groups in total. The molecule has 0 aliphatic heterocycles. The number of aromatic amines is 1. The highest BCUT2D eigenvalue weighted by atomic mass is 16.5. The molecule has 2 atom stereocenters. The van der Waals surface area contributed by atoms with Crippen LogP contribution in [0.25, 0.3) is 10.9 Å². The number of aromatic nitrogens is 1. The molecule has 2 aromatic rings. The molecule has 19 heavy (non-hydrogen) atoms. The van der Waals surface area contributed by atoms with Crippen LogP contribution in [0.15, 0.2) is 24.3 Å². The molecule has 3 rings (SSSR count). The molecule has 0 amide bonds. The third-order valence-corrected chi connectivity index (χ3v) is 4.51. The highest BCUT2D eigenvalue weighted by Crippen LogP contribution is 2.44. The van der Waals surface area contributed by atoms with Crippen LogP contribution in [0.1, 0.15) is 25.1 Å². The van der Waals surface area contributed by atoms with Gasteiger partial charge in [-0.1, -0.05) is 18.2 Å². The number of carbonyl (C=O) groups is 1. The molecule has 1 aliphatic carbocycles. The van der Waals surface area contributed by atoms with E-state index in [1.54, 1.807) is 6.92 Å². The van der Waals surface area contributed by atoms with E-state index in [2.05, 4.69) is 4.98 Å². The molecule has 0 saturated heterocycles. The monoisotopic (exact) mass is 259 g/mol. The molecule has 0 radical (unpaired) electrons. The van der Waals surface area contributed by atoms with Crippen molar-refractivity contribution in [3.63, 3.8) is 0 Å². The Balaban J connectivity index is 2.37. The van der Waals surface area contributed by atoms with E-state index in [1.165, 1.54) is 14.0 Å². The Morgan fingerprint density at radius 1 is 1.32 bits per heavy atom. The van der Waals surface area contributed by atoms with E-state index in [-0.39, 0.29) is 12.2 Å². The van der Waals surface area contributed by atoms with Crippen molar-refractivity contribution in [1.29, 1.82) is 0 Å². The smallest absolute Gasteiger partial charge is 0.171 e. The number of Topliss-reactive ketones (excluding diaryl/α,β-unsaturated/α-hetero) is 1. The summed E-state index contributed by atoms with van der Waals surface area (Å²) in [5, 5.41) is 11.6. The molecule has 0 spiro atoms. The first-order chi connectivity index (χ1) is 8.91. The van der Waals surface area contributed by atoms with Gasteiger partial charge in [-0.2, -0.15) is 0 Å². The van der Waals surface area contributed by atoms with Gasteiger partial charge in [-0.05, 0) is 25.5 Å². The number of hydrogen-bond donors (Lipinski definition) is 2. The second-order valence-electron chi connectivity index (χ2n) is 5.43. The molecule has 100 valence electrons. The van der Waals surface area contributed by atoms with E-state index in [4.69, 9.17) is 4.74 Å². The summed E-state index contributed by atoms with van der Waals surface area (Å²) in [7, 11) is 1.52. The van der Waals surface area contributed by atoms with Crippen LogP contribution in [0.4, 0.5) is 0 Å². The Morgan fingerprint density at radius 3 is 2.68 bits per heavy atom. The fourth-order valence-corrected chi connectivity index (χ4v) is 2.93. The van der Waals surface area contributed by atoms with Crippen molar-refractivity contribution >= 4 is 16.7 Å². The maximum atomic E-state index is 12.3. The van der Waals surface area contributed by atoms with Crippen LogP contribution in [-0.4, -0.2) is 28.6 Å². The number of rotatable bonds is 1. The molecule has 0 fully saturated rings. The van der Waals surface area contributed by atoms with Gasteiger partial charge in [0.05, 0.1) is 5.69 Å². The second kappa shape index (κ2) is 3.68. The Kier molecular flexibility index (Phi) is 2.40. The third-order valence-electron chi connectivity index (χ3n) is 4.51. The van der Waals surface area contributed by atoms with E-state index in [0.717, 1.165) is 22.2 Å². The van der Waals surface area contributed by atoms with Crippen molar-refractivity contribution in [2.75, 3.05) is 7.11 Å². The summed E-state index contributed by atoms with van der Waals surface area (Å²) >= 11 is 0. The summed E-state index contributed by atoms with van der Waals surface area (Å²) in [5.41, 5.74) is 0.0883. The van der Waals surface area contributed by atoms with Gasteiger partial charge < -0.3 is 14.8 Å². The van der Waals surface area contributed by atoms with Crippen LogP contribution in [0.5, 0.6) is 0 Å². The number of aliphatic hydroxyl groups is 1. The number of nitrogens with one attached hydrogen (secondary N) is 1. The van der Waals surface area contributed by atoms with Crippen molar-refractivity contribution in [3.8, 4) is 0 Å². The van der Waals surface area contributed by atoms with Gasteiger partial charge in [-0.15, -0.1) is 0 Å². The molecule has 2 unspecified atom stereocenters. The highest BCUT2D eigenvalue weighted by Gasteiger charge is 2.55. The van der Waals surface area contributed by atoms with Gasteiger partial charge in [0.15, 0.2) is 11.4 Å². The van der Waals surface area contributed by atoms with Crippen LogP contribution in [0, 0.1) is 0 Å². The number of carbonyl (C=O) groups excluding carboxylic acids is 1. The fourth-order valence-electron chi connectivity index (χ4n) is 2.93. The van der Waals surface area contributed by atoms with Crippen molar-refractivity contribution in [2.45, 2.75) is 31.5 Å². The molecule has 0 bridgehead atoms. The van der Waals surface area contributed by atoms with Gasteiger partial charge in [-0.25, -0.2) is 0 Å². The molecule has 4 heteroatoms. The molecular formula is C15H17NO3. The number of methoxy groups -OCH3 is 1. The van der Waals surface area contributed by atoms with Crippen molar-refractivity contribution < 1.29 is 14.6 Å². The SMILES string of the molecule is COC1(C)c2[nH]c3ccccc3c2CC(=O)C1(C)O. The van der Waals surface area contributed by atoms with E-state index in [9.17, 15) is 9.90 Å². The number of hydrogen-bond acceptors (Lipinski definition) is 3. The summed E-state index contributed by atoms with van der Waals surface area (Å²) in [4.78, 5) is 15.5. The maximum Gasteiger partial charge on any atom is 0.171 e. The number of para-hydroxylation sites is 1. The Hall–Kier alpha value is -1.65. The lowest BCUT2D eigenvalue weighted by Gasteiger charge is -2.43. The van der Waals surface area contributed by atoms with Crippen molar-refractivity contribution in [1.82, 2.24) is 4.98 Å². The average molecular weight is 259 g/mol. The van der Waals surface area contributed by atoms with Crippen LogP contribution >= 0.6 is 0 Å². The second-order valence-corrected chi connectivity index (χ2v) is 5.43. The number of fused-ring (bicyclic) bond motifs is 3. The summed E-state index contributed by atoms with van der Waals surface area (Å²) in [5.74, 6) is -0.214. The highest BCUT2D eigenvalue weighted by molar-refractivity contribution is 5.98. The van der Waals surface area contributed by atoms with Gasteiger partial charge in [0.2, 0.25) is 0 Å². The summed E-state index contributed by atoms with van der Waals surface area (Å²) in [6, 6.07) is 7.82. The minimum atomic E-state index is -1.53. The predicted octanol–water partition coefficient (Wildman–Crippen LogP) is 1.91. The average Bonchev–Trinajstić information content (AvgIpc) is 2.76. The van der Waals surface area contributed by atoms with Crippen molar-refractivity contribution in [3.05, 3.63) is 35.5 Å². The Labute approximate surface area is 111 Å². The summed E-state index contributed by atoms with van der Waals surface area (Å²) < 4.78 is 5.52. The summed E-state index contributed by atoms with van der Waals surface area (Å²) in [6.45, 7) is 3.27. The van der Waals surface area contributed by atoms with Gasteiger partial charge in [0.25, 0.3) is 0 Å². The first-order valence-electron chi connectivity index (χ1n) is 6.32. The zero-order chi connectivity index (χ0) is 13.8. The van der Waals surface area contributed by atoms with Crippen LogP contribution < -0.4 is 0 Å². The minimum Gasteiger partial charge on any atom is -0.379 e. The van der Waals surface area contributed by atoms with E-state index < -0.39 is 11.2 Å². The van der Waals surface area contributed by atoms with Gasteiger partial charge in [0, 0.05) is 24.4 Å². The molecule has 1 heterocycles. The number of ether oxygens (including phenoxy) is 1. The lowest BCUT2D eigenvalue weighted by Crippen LogP contribution is -2.58. The first-order valence-corrected chi connectivity index (χ1v) is 6.32. The lowest BCUT2D eigenvalue weighted by atomic mass is 9.72. The molecule has 1 aliphatic rings.